The zero-order valence-electron chi connectivity index (χ0n) is 16.3. The van der Waals surface area contributed by atoms with Gasteiger partial charge in [0.05, 0.1) is 6.61 Å². The lowest BCUT2D eigenvalue weighted by Crippen LogP contribution is -2.66. The summed E-state index contributed by atoms with van der Waals surface area (Å²) in [6.45, 7) is -1.81. The van der Waals surface area contributed by atoms with Gasteiger partial charge in [0.1, 0.15) is 43.0 Å². The second kappa shape index (κ2) is 12.1. The molecule has 0 spiro atoms. The number of rotatable bonds is 11. The summed E-state index contributed by atoms with van der Waals surface area (Å²) in [5.41, 5.74) is 5.31. The molecular formula is C16H27N3O11S. The fourth-order valence-corrected chi connectivity index (χ4v) is 3.09. The molecule has 0 aromatic carbocycles. The van der Waals surface area contributed by atoms with Crippen LogP contribution in [0.15, 0.2) is 0 Å². The monoisotopic (exact) mass is 469 g/mol. The minimum absolute atomic E-state index is 0.222. The van der Waals surface area contributed by atoms with Crippen LogP contribution in [0.5, 0.6) is 0 Å². The van der Waals surface area contributed by atoms with Gasteiger partial charge in [0, 0.05) is 12.2 Å². The van der Waals surface area contributed by atoms with E-state index in [2.05, 4.69) is 17.9 Å². The van der Waals surface area contributed by atoms with Gasteiger partial charge in [-0.3, -0.25) is 19.2 Å². The molecule has 0 aromatic rings. The lowest BCUT2D eigenvalue weighted by Gasteiger charge is -2.44. The molecule has 1 saturated heterocycles. The molecule has 1 fully saturated rings. The Kier molecular flexibility index (Phi) is 10.6. The predicted molar refractivity (Wildman–Crippen MR) is 104 cm³/mol. The number of carboxylic acid groups (broad SMARTS) is 2. The zero-order chi connectivity index (χ0) is 23.9. The maximum absolute atomic E-state index is 12.9. The van der Waals surface area contributed by atoms with E-state index in [1.54, 1.807) is 0 Å². The number of nitrogens with one attached hydrogen (secondary N) is 1. The minimum Gasteiger partial charge on any atom is -0.480 e. The molecule has 2 amide bonds. The molecule has 1 aliphatic rings. The Balaban J connectivity index is 3.00. The Morgan fingerprint density at radius 3 is 2.19 bits per heavy atom. The Hall–Kier alpha value is -2.01. The van der Waals surface area contributed by atoms with Gasteiger partial charge in [-0.2, -0.15) is 12.6 Å². The topological polar surface area (TPSA) is 240 Å². The number of hydrogen-bond donors (Lipinski definition) is 9. The number of carbonyl (C=O) groups is 4. The molecule has 7 atom stereocenters. The molecule has 1 aliphatic heterocycles. The smallest absolute Gasteiger partial charge is 0.323 e. The van der Waals surface area contributed by atoms with Crippen molar-refractivity contribution < 1.29 is 54.6 Å². The van der Waals surface area contributed by atoms with Crippen LogP contribution in [0.25, 0.3) is 0 Å². The Bertz CT molecular complexity index is 665. The molecule has 0 saturated carbocycles. The van der Waals surface area contributed by atoms with Crippen LogP contribution >= 0.6 is 12.6 Å². The van der Waals surface area contributed by atoms with Crippen molar-refractivity contribution in [3.8, 4) is 0 Å². The van der Waals surface area contributed by atoms with Crippen molar-refractivity contribution >= 4 is 36.4 Å². The van der Waals surface area contributed by atoms with Gasteiger partial charge >= 0.3 is 11.9 Å². The second-order valence-electron chi connectivity index (χ2n) is 6.87. The second-order valence-corrected chi connectivity index (χ2v) is 7.23. The molecule has 0 bridgehead atoms. The van der Waals surface area contributed by atoms with Crippen LogP contribution in [0, 0.1) is 0 Å². The molecule has 1 rings (SSSR count). The highest BCUT2D eigenvalue weighted by molar-refractivity contribution is 7.80. The Labute approximate surface area is 182 Å². The third-order valence-corrected chi connectivity index (χ3v) is 4.94. The van der Waals surface area contributed by atoms with E-state index in [-0.39, 0.29) is 18.6 Å². The van der Waals surface area contributed by atoms with Crippen molar-refractivity contribution in [2.75, 3.05) is 18.9 Å². The first-order valence-corrected chi connectivity index (χ1v) is 9.79. The summed E-state index contributed by atoms with van der Waals surface area (Å²) in [5.74, 6) is -4.93. The van der Waals surface area contributed by atoms with Gasteiger partial charge in [-0.1, -0.05) is 0 Å². The molecule has 0 aromatic heterocycles. The van der Waals surface area contributed by atoms with Gasteiger partial charge in [0.2, 0.25) is 11.8 Å². The van der Waals surface area contributed by atoms with E-state index in [4.69, 9.17) is 20.7 Å². The highest BCUT2D eigenvalue weighted by Gasteiger charge is 2.48. The summed E-state index contributed by atoms with van der Waals surface area (Å²) in [7, 11) is 0. The van der Waals surface area contributed by atoms with E-state index in [0.717, 1.165) is 0 Å². The number of thiol groups is 1. The average molecular weight is 469 g/mol. The van der Waals surface area contributed by atoms with Gasteiger partial charge in [-0.15, -0.1) is 0 Å². The fraction of sp³-hybridized carbons (Fsp3) is 0.750. The van der Waals surface area contributed by atoms with E-state index in [0.29, 0.717) is 4.90 Å². The number of nitrogens with zero attached hydrogens (tertiary/aromatic N) is 1. The number of amides is 2. The van der Waals surface area contributed by atoms with Crippen LogP contribution in [0.2, 0.25) is 0 Å². The van der Waals surface area contributed by atoms with Crippen molar-refractivity contribution in [1.82, 2.24) is 10.2 Å². The van der Waals surface area contributed by atoms with Gasteiger partial charge in [-0.05, 0) is 6.42 Å². The minimum atomic E-state index is -1.93. The van der Waals surface area contributed by atoms with Gasteiger partial charge in [0.25, 0.3) is 0 Å². The summed E-state index contributed by atoms with van der Waals surface area (Å²) in [5, 5.41) is 59.4. The van der Waals surface area contributed by atoms with Crippen molar-refractivity contribution in [2.45, 2.75) is 55.6 Å². The molecule has 14 nitrogen and oxygen atoms in total. The van der Waals surface area contributed by atoms with Crippen LogP contribution in [-0.2, 0) is 23.9 Å². The highest BCUT2D eigenvalue weighted by atomic mass is 32.1. The van der Waals surface area contributed by atoms with Gasteiger partial charge < -0.3 is 51.3 Å². The number of carbonyl (C=O) groups excluding carboxylic acids is 2. The van der Waals surface area contributed by atoms with Crippen LogP contribution in [0.1, 0.15) is 12.8 Å². The number of ether oxygens (including phenoxy) is 1. The van der Waals surface area contributed by atoms with E-state index >= 15 is 0 Å². The number of aliphatic hydroxyl groups excluding tert-OH is 4. The SMILES string of the molecule is NC(CCC(=O)NC(CS)C(=O)N(CC(=O)O)C1O[C@H](CO)[C@@H](O)[C@H](O)[C@H]1O)C(=O)O. The number of nitrogens with two attached hydrogens (primary N) is 1. The quantitative estimate of drug-likeness (QED) is 0.130. The van der Waals surface area contributed by atoms with Crippen molar-refractivity contribution in [2.24, 2.45) is 5.73 Å². The summed E-state index contributed by atoms with van der Waals surface area (Å²) in [6, 6.07) is -2.70. The third-order valence-electron chi connectivity index (χ3n) is 4.58. The van der Waals surface area contributed by atoms with Gasteiger partial charge in [-0.25, -0.2) is 0 Å². The molecule has 15 heteroatoms. The first-order valence-electron chi connectivity index (χ1n) is 9.15. The highest BCUT2D eigenvalue weighted by Crippen LogP contribution is 2.24. The molecule has 9 N–H and O–H groups in total. The summed E-state index contributed by atoms with van der Waals surface area (Å²) < 4.78 is 5.23. The lowest BCUT2D eigenvalue weighted by atomic mass is 9.97. The molecular weight excluding hydrogens is 442 g/mol. The van der Waals surface area contributed by atoms with Crippen LogP contribution in [0.3, 0.4) is 0 Å². The van der Waals surface area contributed by atoms with Crippen LogP contribution < -0.4 is 11.1 Å². The molecule has 3 unspecified atom stereocenters. The van der Waals surface area contributed by atoms with Crippen LogP contribution in [-0.4, -0.2) is 121 Å². The summed E-state index contributed by atoms with van der Waals surface area (Å²) >= 11 is 3.95. The first-order chi connectivity index (χ1) is 14.4. The molecule has 0 radical (unpaired) electrons. The van der Waals surface area contributed by atoms with Gasteiger partial charge in [0.15, 0.2) is 6.23 Å². The molecule has 1 heterocycles. The van der Waals surface area contributed by atoms with Crippen molar-refractivity contribution in [3.63, 3.8) is 0 Å². The summed E-state index contributed by atoms with van der Waals surface area (Å²) in [4.78, 5) is 47.5. The molecule has 0 aliphatic carbocycles. The maximum Gasteiger partial charge on any atom is 0.323 e. The van der Waals surface area contributed by atoms with E-state index < -0.39 is 79.6 Å². The largest absolute Gasteiger partial charge is 0.480 e. The number of carboxylic acids is 2. The van der Waals surface area contributed by atoms with Crippen LogP contribution in [0.4, 0.5) is 0 Å². The number of hydrogen-bond acceptors (Lipinski definition) is 11. The fourth-order valence-electron chi connectivity index (χ4n) is 2.84. The molecule has 178 valence electrons. The van der Waals surface area contributed by atoms with E-state index in [1.807, 2.05) is 0 Å². The Morgan fingerprint density at radius 1 is 1.10 bits per heavy atom. The standard InChI is InChI=1S/C16H27N3O11S/c17-6(16(28)29)1-2-9(21)18-7(5-31)14(27)19(3-10(22)23)15-13(26)12(25)11(24)8(4-20)30-15/h6-8,11-13,15,20,24-26,31H,1-5,17H2,(H,18,21)(H,22,23)(H,28,29)/t6?,7?,8-,11-,12+,13-,15?/m1/s1. The lowest BCUT2D eigenvalue weighted by molar-refractivity contribution is -0.262. The Morgan fingerprint density at radius 2 is 1.71 bits per heavy atom. The number of aliphatic carboxylic acids is 2. The average Bonchev–Trinajstić information content (AvgIpc) is 2.72. The summed E-state index contributed by atoms with van der Waals surface area (Å²) in [6.07, 6.45) is -9.23. The maximum atomic E-state index is 12.9. The van der Waals surface area contributed by atoms with Crippen molar-refractivity contribution in [3.05, 3.63) is 0 Å². The molecule has 31 heavy (non-hydrogen) atoms. The third kappa shape index (κ3) is 7.27. The van der Waals surface area contributed by atoms with E-state index in [1.165, 1.54) is 0 Å². The van der Waals surface area contributed by atoms with Crippen molar-refractivity contribution in [1.29, 1.82) is 0 Å². The normalized spacial score (nSPS) is 27.7. The number of aliphatic hydroxyl groups is 4. The predicted octanol–water partition coefficient (Wildman–Crippen LogP) is -4.69. The zero-order valence-corrected chi connectivity index (χ0v) is 17.2. The first kappa shape index (κ1) is 27.0. The van der Waals surface area contributed by atoms with E-state index in [9.17, 15) is 39.6 Å².